The van der Waals surface area contributed by atoms with E-state index in [2.05, 4.69) is 4.31 Å². The number of nitrogens with zero attached hydrogens (tertiary/aromatic N) is 1. The molecule has 22 nitrogen and oxygen atoms in total. The first-order chi connectivity index (χ1) is 22.7. The number of aliphatic hydroxyl groups is 2. The number of ether oxygens (including phenoxy) is 6. The number of aromatic nitrogens is 2. The summed E-state index contributed by atoms with van der Waals surface area (Å²) in [6.45, 7) is 2.45. The average Bonchev–Trinajstić information content (AvgIpc) is 3.24. The molecule has 3 rings (SSSR count). The van der Waals surface area contributed by atoms with Gasteiger partial charge in [0.25, 0.3) is 5.56 Å². The van der Waals surface area contributed by atoms with E-state index in [1.807, 2.05) is 4.98 Å². The lowest BCUT2D eigenvalue weighted by molar-refractivity contribution is -0.237. The van der Waals surface area contributed by atoms with E-state index in [0.717, 1.165) is 44.5 Å². The van der Waals surface area contributed by atoms with Crippen LogP contribution >= 0.6 is 27.2 Å². The summed E-state index contributed by atoms with van der Waals surface area (Å²) >= 11 is 0.376. The average molecular weight is 765 g/mol. The van der Waals surface area contributed by atoms with Crippen LogP contribution in [0.2, 0.25) is 0 Å². The third-order valence-electron chi connectivity index (χ3n) is 6.45. The van der Waals surface area contributed by atoms with Crippen LogP contribution in [-0.4, -0.2) is 120 Å². The molecule has 0 aliphatic carbocycles. The number of thioether (sulfide) groups is 1. The zero-order chi connectivity index (χ0) is 36.8. The second-order valence-corrected chi connectivity index (χ2v) is 15.4. The largest absolute Gasteiger partial charge is 0.479 e. The van der Waals surface area contributed by atoms with Gasteiger partial charge in [0.1, 0.15) is 36.5 Å². The van der Waals surface area contributed by atoms with Crippen LogP contribution in [0.5, 0.6) is 0 Å². The van der Waals surface area contributed by atoms with Gasteiger partial charge in [0.2, 0.25) is 0 Å². The minimum absolute atomic E-state index is 0.376. The van der Waals surface area contributed by atoms with Gasteiger partial charge in [0.15, 0.2) is 24.5 Å². The molecule has 49 heavy (non-hydrogen) atoms. The van der Waals surface area contributed by atoms with E-state index < -0.39 is 124 Å². The smallest absolute Gasteiger partial charge is 0.463 e. The molecule has 2 fully saturated rings. The maximum atomic E-state index is 12.9. The van der Waals surface area contributed by atoms with Crippen molar-refractivity contribution >= 4 is 51.1 Å². The lowest BCUT2D eigenvalue weighted by atomic mass is 9.99. The van der Waals surface area contributed by atoms with Crippen LogP contribution in [0.3, 0.4) is 0 Å². The van der Waals surface area contributed by atoms with Gasteiger partial charge in [0, 0.05) is 40.0 Å². The Morgan fingerprint density at radius 2 is 1.45 bits per heavy atom. The fourth-order valence-corrected chi connectivity index (χ4v) is 8.98. The Hall–Kier alpha value is -2.95. The monoisotopic (exact) mass is 764 g/mol. The molecule has 0 radical (unpaired) electrons. The van der Waals surface area contributed by atoms with E-state index in [1.165, 1.54) is 0 Å². The molecule has 0 amide bonds. The minimum atomic E-state index is -5.44. The number of hydrogen-bond donors (Lipinski definition) is 5. The highest BCUT2D eigenvalue weighted by Crippen LogP contribution is 2.61. The van der Waals surface area contributed by atoms with Gasteiger partial charge in [0.05, 0.1) is 12.1 Å². The van der Waals surface area contributed by atoms with Crippen molar-refractivity contribution < 1.29 is 85.6 Å². The summed E-state index contributed by atoms with van der Waals surface area (Å²) in [5.74, 6) is -3.53. The lowest BCUT2D eigenvalue weighted by Crippen LogP contribution is -2.61. The Bertz CT molecular complexity index is 1600. The van der Waals surface area contributed by atoms with Gasteiger partial charge in [-0.3, -0.25) is 42.6 Å². The molecule has 1 aromatic heterocycles. The molecule has 0 aromatic carbocycles. The summed E-state index contributed by atoms with van der Waals surface area (Å²) in [5, 5.41) is 20.6. The number of carbonyl (C=O) groups is 4. The quantitative estimate of drug-likeness (QED) is 0.0796. The summed E-state index contributed by atoms with van der Waals surface area (Å²) in [6.07, 6.45) is -11.8. The number of carbonyl (C=O) groups excluding carboxylic acids is 4. The van der Waals surface area contributed by atoms with Crippen molar-refractivity contribution in [3.8, 4) is 0 Å². The number of H-pyrrole nitrogens is 1. The highest BCUT2D eigenvalue weighted by molar-refractivity contribution is 8.05. The van der Waals surface area contributed by atoms with Crippen molar-refractivity contribution in [2.75, 3.05) is 18.7 Å². The Balaban J connectivity index is 1.73. The van der Waals surface area contributed by atoms with E-state index in [-0.39, 0.29) is 0 Å². The summed E-state index contributed by atoms with van der Waals surface area (Å²) in [5.41, 5.74) is -4.35. The van der Waals surface area contributed by atoms with Gasteiger partial charge in [-0.2, -0.15) is 0 Å². The number of aliphatic hydroxyl groups excluding tert-OH is 2. The van der Waals surface area contributed by atoms with Crippen LogP contribution in [0.4, 0.5) is 0 Å². The molecule has 2 aliphatic rings. The first kappa shape index (κ1) is 40.5. The zero-order valence-electron chi connectivity index (χ0n) is 26.0. The predicted octanol–water partition coefficient (Wildman–Crippen LogP) is -1.75. The third-order valence-corrected chi connectivity index (χ3v) is 11.4. The number of esters is 4. The normalized spacial score (nSPS) is 30.7. The molecule has 0 bridgehead atoms. The number of rotatable bonds is 14. The van der Waals surface area contributed by atoms with Crippen LogP contribution in [0.15, 0.2) is 21.9 Å². The summed E-state index contributed by atoms with van der Waals surface area (Å²) in [4.78, 5) is 93.1. The van der Waals surface area contributed by atoms with Crippen molar-refractivity contribution in [3.05, 3.63) is 33.1 Å². The number of phosphoric ester groups is 1. The molecule has 11 atom stereocenters. The van der Waals surface area contributed by atoms with Crippen LogP contribution in [0.25, 0.3) is 0 Å². The van der Waals surface area contributed by atoms with E-state index in [4.69, 9.17) is 32.9 Å². The van der Waals surface area contributed by atoms with Gasteiger partial charge in [-0.05, 0) is 0 Å². The van der Waals surface area contributed by atoms with E-state index in [0.29, 0.717) is 11.8 Å². The summed E-state index contributed by atoms with van der Waals surface area (Å²) in [6, 6.07) is 0.932. The Kier molecular flexibility index (Phi) is 13.9. The van der Waals surface area contributed by atoms with Crippen LogP contribution in [-0.2, 0) is 65.6 Å². The van der Waals surface area contributed by atoms with Crippen LogP contribution in [0.1, 0.15) is 33.9 Å². The molecule has 2 unspecified atom stereocenters. The predicted molar refractivity (Wildman–Crippen MR) is 158 cm³/mol. The van der Waals surface area contributed by atoms with Gasteiger partial charge >= 0.3 is 45.0 Å². The molecular weight excluding hydrogens is 730 g/mol. The fourth-order valence-electron chi connectivity index (χ4n) is 4.59. The maximum absolute atomic E-state index is 12.9. The van der Waals surface area contributed by atoms with Crippen molar-refractivity contribution in [2.24, 2.45) is 0 Å². The molecule has 25 heteroatoms. The summed E-state index contributed by atoms with van der Waals surface area (Å²) < 4.78 is 67.2. The minimum Gasteiger partial charge on any atom is -0.463 e. The molecule has 5 N–H and O–H groups in total. The molecule has 2 aliphatic heterocycles. The number of aromatic amines is 1. The maximum Gasteiger partial charge on any atom is 0.479 e. The zero-order valence-corrected chi connectivity index (χ0v) is 28.6. The topological polar surface area (TPSA) is 312 Å². The van der Waals surface area contributed by atoms with Gasteiger partial charge in [-0.25, -0.2) is 13.7 Å². The van der Waals surface area contributed by atoms with E-state index >= 15 is 0 Å². The van der Waals surface area contributed by atoms with E-state index in [9.17, 15) is 57.9 Å². The molecular formula is C24H34N2O20P2S. The highest BCUT2D eigenvalue weighted by Gasteiger charge is 2.53. The molecule has 276 valence electrons. The Morgan fingerprint density at radius 3 is 2.02 bits per heavy atom. The number of nitrogens with one attached hydrogen (secondary N) is 1. The Morgan fingerprint density at radius 1 is 0.857 bits per heavy atom. The molecule has 0 spiro atoms. The SMILES string of the molecule is CC(=O)OC[C@H]1O[C@@H](SCP(=O)(O)OP(=O)(O)OC[C@H]2O[C@@H](n3ccc(=O)[nH]c3=O)[C@H](O)[C@@H]2O)[C@H](OC(C)=O)[C@@H](OC(C)=O)[C@@H]1OC(C)=O. The fraction of sp³-hybridized carbons (Fsp3) is 0.667. The molecule has 1 aromatic rings. The molecule has 2 saturated heterocycles. The molecule has 3 heterocycles. The van der Waals surface area contributed by atoms with Crippen molar-refractivity contribution in [1.82, 2.24) is 9.55 Å². The first-order valence-electron chi connectivity index (χ1n) is 14.0. The second-order valence-electron chi connectivity index (χ2n) is 10.4. The van der Waals surface area contributed by atoms with Gasteiger partial charge < -0.3 is 48.4 Å². The highest BCUT2D eigenvalue weighted by atomic mass is 32.2. The number of hydrogen-bond acceptors (Lipinski definition) is 19. The lowest BCUT2D eigenvalue weighted by Gasteiger charge is -2.44. The first-order valence-corrected chi connectivity index (χ1v) is 18.3. The van der Waals surface area contributed by atoms with Crippen molar-refractivity contribution in [1.29, 1.82) is 0 Å². The van der Waals surface area contributed by atoms with Crippen molar-refractivity contribution in [2.45, 2.75) is 82.1 Å². The van der Waals surface area contributed by atoms with E-state index in [1.54, 1.807) is 0 Å². The van der Waals surface area contributed by atoms with Crippen LogP contribution < -0.4 is 11.2 Å². The summed E-state index contributed by atoms with van der Waals surface area (Å²) in [7, 11) is -10.6. The standard InChI is InChI=1S/C24H34N2O20P2S/c1-10(27)39-7-15-19(41-11(2)28)20(42-12(3)29)21(43-13(4)30)23(45-15)49-9-47(35,36)46-48(37,38)40-8-14-17(32)18(33)22(44-14)26-6-5-16(31)25-24(26)34/h5-6,14-15,17-23,32-33H,7-9H2,1-4H3,(H,35,36)(H,37,38)(H,25,31,34)/t14-,15-,17-,18-,19-,20+,21-,22-,23+/m1/s1. The molecule has 0 saturated carbocycles. The van der Waals surface area contributed by atoms with Gasteiger partial charge in [-0.1, -0.05) is 0 Å². The third kappa shape index (κ3) is 11.5. The van der Waals surface area contributed by atoms with Gasteiger partial charge in [-0.15, -0.1) is 11.8 Å². The number of phosphoric acid groups is 1. The van der Waals surface area contributed by atoms with Crippen molar-refractivity contribution in [3.63, 3.8) is 0 Å². The Labute approximate surface area is 280 Å². The second kappa shape index (κ2) is 16.8. The van der Waals surface area contributed by atoms with Crippen LogP contribution in [0, 0.1) is 0 Å².